The number of nitrogens with one attached hydrogen (secondary N) is 1. The van der Waals surface area contributed by atoms with Gasteiger partial charge in [0.25, 0.3) is 5.91 Å². The van der Waals surface area contributed by atoms with Crippen molar-refractivity contribution in [3.8, 4) is 17.2 Å². The maximum absolute atomic E-state index is 12.4. The molecule has 0 bridgehead atoms. The third-order valence-corrected chi connectivity index (χ3v) is 3.71. The zero-order valence-electron chi connectivity index (χ0n) is 12.2. The number of phenols is 1. The first kappa shape index (κ1) is 14.3. The molecule has 1 amide bonds. The Hall–Kier alpha value is -2.69. The number of hydrogen-bond acceptors (Lipinski definition) is 4. The van der Waals surface area contributed by atoms with Crippen LogP contribution in [-0.2, 0) is 0 Å². The minimum atomic E-state index is -0.318. The minimum Gasteiger partial charge on any atom is -0.507 e. The predicted molar refractivity (Wildman–Crippen MR) is 81.4 cm³/mol. The average molecular weight is 299 g/mol. The Balaban J connectivity index is 1.81. The molecule has 1 atom stereocenters. The number of hydrogen-bond donors (Lipinski definition) is 2. The summed E-state index contributed by atoms with van der Waals surface area (Å²) in [6, 6.07) is 12.1. The second-order valence-electron chi connectivity index (χ2n) is 5.08. The maximum Gasteiger partial charge on any atom is 0.255 e. The van der Waals surface area contributed by atoms with Gasteiger partial charge < -0.3 is 19.9 Å². The van der Waals surface area contributed by atoms with Crippen LogP contribution in [0.2, 0.25) is 0 Å². The number of carbonyl (C=O) groups is 1. The molecule has 2 aromatic rings. The molecule has 5 heteroatoms. The number of para-hydroxylation sites is 1. The highest BCUT2D eigenvalue weighted by Crippen LogP contribution is 2.32. The molecule has 2 N–H and O–H groups in total. The van der Waals surface area contributed by atoms with Crippen LogP contribution in [0.15, 0.2) is 42.5 Å². The first-order valence-electron chi connectivity index (χ1n) is 7.08. The Bertz CT molecular complexity index is 699. The van der Waals surface area contributed by atoms with Gasteiger partial charge in [-0.1, -0.05) is 18.2 Å². The SMILES string of the molecule is COc1ccc(C(=O)NC2CCOc3ccccc32)c(O)c1. The van der Waals surface area contributed by atoms with Crippen LogP contribution in [0.5, 0.6) is 17.2 Å². The number of fused-ring (bicyclic) bond motifs is 1. The van der Waals surface area contributed by atoms with E-state index in [1.807, 2.05) is 24.3 Å². The first-order valence-corrected chi connectivity index (χ1v) is 7.08. The van der Waals surface area contributed by atoms with E-state index in [2.05, 4.69) is 5.32 Å². The average Bonchev–Trinajstić information content (AvgIpc) is 2.55. The van der Waals surface area contributed by atoms with E-state index in [0.717, 1.165) is 11.3 Å². The van der Waals surface area contributed by atoms with Crippen LogP contribution in [0.3, 0.4) is 0 Å². The van der Waals surface area contributed by atoms with Crippen LogP contribution in [0.25, 0.3) is 0 Å². The molecule has 1 aliphatic rings. The molecule has 22 heavy (non-hydrogen) atoms. The van der Waals surface area contributed by atoms with E-state index < -0.39 is 0 Å². The molecule has 0 spiro atoms. The summed E-state index contributed by atoms with van der Waals surface area (Å²) >= 11 is 0. The number of phenolic OH excluding ortho intramolecular Hbond substituents is 1. The van der Waals surface area contributed by atoms with E-state index >= 15 is 0 Å². The summed E-state index contributed by atoms with van der Waals surface area (Å²) in [5.74, 6) is 0.877. The summed E-state index contributed by atoms with van der Waals surface area (Å²) in [4.78, 5) is 12.4. The zero-order valence-corrected chi connectivity index (χ0v) is 12.2. The monoisotopic (exact) mass is 299 g/mol. The Morgan fingerprint density at radius 2 is 2.14 bits per heavy atom. The van der Waals surface area contributed by atoms with Gasteiger partial charge in [-0.05, 0) is 18.2 Å². The fourth-order valence-electron chi connectivity index (χ4n) is 2.56. The number of benzene rings is 2. The lowest BCUT2D eigenvalue weighted by atomic mass is 10.00. The summed E-state index contributed by atoms with van der Waals surface area (Å²) in [6.45, 7) is 0.552. The fourth-order valence-corrected chi connectivity index (χ4v) is 2.56. The minimum absolute atomic E-state index is 0.0998. The summed E-state index contributed by atoms with van der Waals surface area (Å²) in [5, 5.41) is 12.9. The Morgan fingerprint density at radius 3 is 2.91 bits per heavy atom. The van der Waals surface area contributed by atoms with E-state index in [4.69, 9.17) is 9.47 Å². The molecule has 0 saturated heterocycles. The Kier molecular flexibility index (Phi) is 3.87. The normalized spacial score (nSPS) is 16.3. The molecule has 1 heterocycles. The molecule has 0 aromatic heterocycles. The molecule has 0 radical (unpaired) electrons. The second kappa shape index (κ2) is 5.97. The van der Waals surface area contributed by atoms with E-state index in [1.165, 1.54) is 13.2 Å². The van der Waals surface area contributed by atoms with Gasteiger partial charge in [0, 0.05) is 18.1 Å². The third kappa shape index (κ3) is 2.70. The lowest BCUT2D eigenvalue weighted by Gasteiger charge is -2.26. The van der Waals surface area contributed by atoms with Crippen LogP contribution in [-0.4, -0.2) is 24.7 Å². The van der Waals surface area contributed by atoms with Gasteiger partial charge in [-0.15, -0.1) is 0 Å². The van der Waals surface area contributed by atoms with Crippen molar-refractivity contribution in [2.45, 2.75) is 12.5 Å². The standard InChI is InChI=1S/C17H17NO4/c1-21-11-6-7-13(15(19)10-11)17(20)18-14-8-9-22-16-5-3-2-4-12(14)16/h2-7,10,14,19H,8-9H2,1H3,(H,18,20). The fraction of sp³-hybridized carbons (Fsp3) is 0.235. The molecule has 0 saturated carbocycles. The van der Waals surface area contributed by atoms with Gasteiger partial charge in [0.2, 0.25) is 0 Å². The molecular weight excluding hydrogens is 282 g/mol. The van der Waals surface area contributed by atoms with Gasteiger partial charge in [-0.25, -0.2) is 0 Å². The van der Waals surface area contributed by atoms with Crippen LogP contribution >= 0.6 is 0 Å². The van der Waals surface area contributed by atoms with Crippen LogP contribution < -0.4 is 14.8 Å². The van der Waals surface area contributed by atoms with Gasteiger partial charge in [-0.2, -0.15) is 0 Å². The number of methoxy groups -OCH3 is 1. The van der Waals surface area contributed by atoms with Crippen molar-refractivity contribution >= 4 is 5.91 Å². The second-order valence-corrected chi connectivity index (χ2v) is 5.08. The van der Waals surface area contributed by atoms with E-state index in [1.54, 1.807) is 12.1 Å². The van der Waals surface area contributed by atoms with Crippen LogP contribution in [0.1, 0.15) is 28.4 Å². The maximum atomic E-state index is 12.4. The Labute approximate surface area is 128 Å². The van der Waals surface area contributed by atoms with Crippen molar-refractivity contribution in [1.29, 1.82) is 0 Å². The predicted octanol–water partition coefficient (Wildman–Crippen LogP) is 2.65. The zero-order chi connectivity index (χ0) is 15.5. The van der Waals surface area contributed by atoms with Crippen molar-refractivity contribution < 1.29 is 19.4 Å². The number of amides is 1. The quantitative estimate of drug-likeness (QED) is 0.914. The van der Waals surface area contributed by atoms with Crippen molar-refractivity contribution in [2.75, 3.05) is 13.7 Å². The van der Waals surface area contributed by atoms with Gasteiger partial charge in [0.15, 0.2) is 0 Å². The molecule has 0 fully saturated rings. The van der Waals surface area contributed by atoms with E-state index in [-0.39, 0.29) is 23.3 Å². The molecule has 114 valence electrons. The smallest absolute Gasteiger partial charge is 0.255 e. The van der Waals surface area contributed by atoms with Gasteiger partial charge in [-0.3, -0.25) is 4.79 Å². The van der Waals surface area contributed by atoms with Crippen molar-refractivity contribution in [1.82, 2.24) is 5.32 Å². The molecule has 2 aromatic carbocycles. The molecule has 1 unspecified atom stereocenters. The Morgan fingerprint density at radius 1 is 1.32 bits per heavy atom. The molecule has 3 rings (SSSR count). The topological polar surface area (TPSA) is 67.8 Å². The van der Waals surface area contributed by atoms with Gasteiger partial charge >= 0.3 is 0 Å². The highest BCUT2D eigenvalue weighted by Gasteiger charge is 2.24. The number of ether oxygens (including phenoxy) is 2. The summed E-state index contributed by atoms with van der Waals surface area (Å²) in [6.07, 6.45) is 0.694. The highest BCUT2D eigenvalue weighted by atomic mass is 16.5. The number of aromatic hydroxyl groups is 1. The van der Waals surface area contributed by atoms with Gasteiger partial charge in [0.05, 0.1) is 25.3 Å². The van der Waals surface area contributed by atoms with E-state index in [0.29, 0.717) is 18.8 Å². The lowest BCUT2D eigenvalue weighted by molar-refractivity contribution is 0.0922. The third-order valence-electron chi connectivity index (χ3n) is 3.71. The molecule has 0 aliphatic carbocycles. The highest BCUT2D eigenvalue weighted by molar-refractivity contribution is 5.97. The molecule has 1 aliphatic heterocycles. The molecular formula is C17H17NO4. The largest absolute Gasteiger partial charge is 0.507 e. The summed E-state index contributed by atoms with van der Waals surface area (Å²) in [7, 11) is 1.51. The van der Waals surface area contributed by atoms with Crippen molar-refractivity contribution in [3.63, 3.8) is 0 Å². The van der Waals surface area contributed by atoms with Gasteiger partial charge in [0.1, 0.15) is 17.2 Å². The van der Waals surface area contributed by atoms with Crippen LogP contribution in [0, 0.1) is 0 Å². The van der Waals surface area contributed by atoms with Crippen molar-refractivity contribution in [2.24, 2.45) is 0 Å². The van der Waals surface area contributed by atoms with Crippen molar-refractivity contribution in [3.05, 3.63) is 53.6 Å². The number of rotatable bonds is 3. The first-order chi connectivity index (χ1) is 10.7. The summed E-state index contributed by atoms with van der Waals surface area (Å²) in [5.41, 5.74) is 1.18. The molecule has 5 nitrogen and oxygen atoms in total. The lowest BCUT2D eigenvalue weighted by Crippen LogP contribution is -2.32. The summed E-state index contributed by atoms with van der Waals surface area (Å²) < 4.78 is 10.6. The number of carbonyl (C=O) groups excluding carboxylic acids is 1. The van der Waals surface area contributed by atoms with E-state index in [9.17, 15) is 9.90 Å². The van der Waals surface area contributed by atoms with Crippen LogP contribution in [0.4, 0.5) is 0 Å².